The van der Waals surface area contributed by atoms with Crippen LogP contribution in [0.2, 0.25) is 0 Å². The quantitative estimate of drug-likeness (QED) is 0.188. The fourth-order valence-electron chi connectivity index (χ4n) is 7.78. The van der Waals surface area contributed by atoms with Crippen LogP contribution >= 0.6 is 0 Å². The van der Waals surface area contributed by atoms with Crippen molar-refractivity contribution < 1.29 is 0 Å². The fraction of sp³-hybridized carbons (Fsp3) is 0.0444. The summed E-state index contributed by atoms with van der Waals surface area (Å²) in [5, 5.41) is 2.38. The van der Waals surface area contributed by atoms with E-state index in [0.29, 0.717) is 5.82 Å². The molecule has 0 bridgehead atoms. The first-order valence-electron chi connectivity index (χ1n) is 17.1. The number of aromatic nitrogens is 5. The Morgan fingerprint density at radius 2 is 1.30 bits per heavy atom. The highest BCUT2D eigenvalue weighted by Gasteiger charge is 2.28. The summed E-state index contributed by atoms with van der Waals surface area (Å²) >= 11 is 0. The molecule has 0 N–H and O–H groups in total. The number of para-hydroxylation sites is 2. The van der Waals surface area contributed by atoms with E-state index in [9.17, 15) is 0 Å². The van der Waals surface area contributed by atoms with E-state index in [4.69, 9.17) is 15.0 Å². The van der Waals surface area contributed by atoms with Gasteiger partial charge in [0.15, 0.2) is 5.82 Å². The molecule has 10 rings (SSSR count). The summed E-state index contributed by atoms with van der Waals surface area (Å²) in [7, 11) is 0. The van der Waals surface area contributed by atoms with Gasteiger partial charge >= 0.3 is 0 Å². The standard InChI is InChI=1S/C45H31N5/c1-4-14-30(15-5-1)42-41(29-47-45(48-42)31-16-6-2-7-17-31)50-39-24-13-27-46-43(39)37-26-25-32(28-40(37)50)34-21-12-22-36-35-20-10-11-23-38(35)49(44(34)36)33-18-8-3-9-19-33/h1-20,22-29,34H,21H2. The van der Waals surface area contributed by atoms with Crippen LogP contribution in [0, 0.1) is 0 Å². The van der Waals surface area contributed by atoms with Gasteiger partial charge in [0.1, 0.15) is 0 Å². The molecule has 50 heavy (non-hydrogen) atoms. The van der Waals surface area contributed by atoms with Crippen LogP contribution < -0.4 is 0 Å². The van der Waals surface area contributed by atoms with Crippen molar-refractivity contribution in [3.63, 3.8) is 0 Å². The van der Waals surface area contributed by atoms with E-state index >= 15 is 0 Å². The minimum Gasteiger partial charge on any atom is -0.312 e. The average molecular weight is 642 g/mol. The summed E-state index contributed by atoms with van der Waals surface area (Å²) in [6, 6.07) is 51.2. The SMILES string of the molecule is C1=Cc2c(n(-c3ccccc3)c3ccccc23)C(c2ccc3c4ncccc4n(-c4cnc(-c5ccccc5)nc4-c4ccccc4)c3c2)C1. The van der Waals surface area contributed by atoms with E-state index in [2.05, 4.69) is 137 Å². The van der Waals surface area contributed by atoms with Gasteiger partial charge in [-0.3, -0.25) is 4.98 Å². The Morgan fingerprint density at radius 1 is 0.580 bits per heavy atom. The van der Waals surface area contributed by atoms with E-state index in [1.165, 1.54) is 33.4 Å². The molecule has 0 spiro atoms. The van der Waals surface area contributed by atoms with Gasteiger partial charge in [-0.1, -0.05) is 121 Å². The minimum absolute atomic E-state index is 0.150. The van der Waals surface area contributed by atoms with E-state index < -0.39 is 0 Å². The largest absolute Gasteiger partial charge is 0.312 e. The van der Waals surface area contributed by atoms with Crippen molar-refractivity contribution in [2.75, 3.05) is 0 Å². The Bertz CT molecular complexity index is 2720. The zero-order valence-corrected chi connectivity index (χ0v) is 27.2. The van der Waals surface area contributed by atoms with Gasteiger partial charge in [0, 0.05) is 51.0 Å². The number of nitrogens with zero attached hydrogens (tertiary/aromatic N) is 5. The molecule has 1 unspecified atom stereocenters. The molecule has 0 aliphatic heterocycles. The molecule has 9 aromatic rings. The highest BCUT2D eigenvalue weighted by molar-refractivity contribution is 6.08. The maximum atomic E-state index is 5.23. The molecule has 0 amide bonds. The summed E-state index contributed by atoms with van der Waals surface area (Å²) in [4.78, 5) is 15.1. The number of hydrogen-bond donors (Lipinski definition) is 0. The Labute approximate surface area is 289 Å². The molecule has 4 aromatic heterocycles. The van der Waals surface area contributed by atoms with Crippen molar-refractivity contribution in [2.45, 2.75) is 12.3 Å². The van der Waals surface area contributed by atoms with E-state index in [1.807, 2.05) is 42.7 Å². The lowest BCUT2D eigenvalue weighted by molar-refractivity contribution is 0.765. The second kappa shape index (κ2) is 11.5. The number of pyridine rings is 1. The monoisotopic (exact) mass is 641 g/mol. The zero-order chi connectivity index (χ0) is 33.0. The molecule has 1 atom stereocenters. The first-order chi connectivity index (χ1) is 24.8. The molecule has 5 nitrogen and oxygen atoms in total. The molecule has 5 aromatic carbocycles. The lowest BCUT2D eigenvalue weighted by Gasteiger charge is -2.24. The zero-order valence-electron chi connectivity index (χ0n) is 27.2. The van der Waals surface area contributed by atoms with Crippen molar-refractivity contribution in [1.29, 1.82) is 0 Å². The summed E-state index contributed by atoms with van der Waals surface area (Å²) in [6.07, 6.45) is 9.41. The van der Waals surface area contributed by atoms with Crippen molar-refractivity contribution in [1.82, 2.24) is 24.1 Å². The summed E-state index contributed by atoms with van der Waals surface area (Å²) in [5.41, 5.74) is 13.2. The van der Waals surface area contributed by atoms with Crippen molar-refractivity contribution in [3.05, 3.63) is 181 Å². The molecule has 5 heteroatoms. The smallest absolute Gasteiger partial charge is 0.159 e. The molecule has 1 aliphatic rings. The molecular formula is C45H31N5. The number of benzene rings is 5. The van der Waals surface area contributed by atoms with Gasteiger partial charge in [-0.05, 0) is 48.4 Å². The summed E-state index contributed by atoms with van der Waals surface area (Å²) in [6.45, 7) is 0. The number of fused-ring (bicyclic) bond motifs is 6. The number of allylic oxidation sites excluding steroid dienone is 1. The molecule has 1 aliphatic carbocycles. The third-order valence-corrected chi connectivity index (χ3v) is 9.99. The Kier molecular flexibility index (Phi) is 6.56. The predicted molar refractivity (Wildman–Crippen MR) is 204 cm³/mol. The molecule has 4 heterocycles. The highest BCUT2D eigenvalue weighted by atomic mass is 15.0. The van der Waals surface area contributed by atoms with Crippen LogP contribution in [0.5, 0.6) is 0 Å². The Balaban J connectivity index is 1.23. The van der Waals surface area contributed by atoms with Crippen LogP contribution in [0.15, 0.2) is 164 Å². The minimum atomic E-state index is 0.150. The Morgan fingerprint density at radius 3 is 2.12 bits per heavy atom. The third kappa shape index (κ3) is 4.44. The molecule has 0 saturated heterocycles. The van der Waals surface area contributed by atoms with Gasteiger partial charge in [0.05, 0.1) is 39.6 Å². The summed E-state index contributed by atoms with van der Waals surface area (Å²) in [5.74, 6) is 0.847. The van der Waals surface area contributed by atoms with Crippen molar-refractivity contribution in [2.24, 2.45) is 0 Å². The van der Waals surface area contributed by atoms with Gasteiger partial charge in [0.2, 0.25) is 0 Å². The van der Waals surface area contributed by atoms with Gasteiger partial charge < -0.3 is 9.13 Å². The van der Waals surface area contributed by atoms with Gasteiger partial charge in [-0.2, -0.15) is 0 Å². The highest BCUT2D eigenvalue weighted by Crippen LogP contribution is 2.44. The lowest BCUT2D eigenvalue weighted by Crippen LogP contribution is -2.11. The Hall–Kier alpha value is -6.59. The molecule has 236 valence electrons. The lowest BCUT2D eigenvalue weighted by atomic mass is 9.85. The van der Waals surface area contributed by atoms with E-state index in [-0.39, 0.29) is 5.92 Å². The number of rotatable bonds is 5. The third-order valence-electron chi connectivity index (χ3n) is 9.99. The van der Waals surface area contributed by atoms with Crippen LogP contribution in [0.1, 0.15) is 29.2 Å². The second-order valence-electron chi connectivity index (χ2n) is 12.8. The fourth-order valence-corrected chi connectivity index (χ4v) is 7.78. The molecule has 0 fully saturated rings. The summed E-state index contributed by atoms with van der Waals surface area (Å²) < 4.78 is 4.77. The first kappa shape index (κ1) is 28.4. The molecular weight excluding hydrogens is 611 g/mol. The molecule has 0 saturated carbocycles. The van der Waals surface area contributed by atoms with Crippen molar-refractivity contribution in [3.8, 4) is 34.0 Å². The predicted octanol–water partition coefficient (Wildman–Crippen LogP) is 10.8. The van der Waals surface area contributed by atoms with Crippen LogP contribution in [0.3, 0.4) is 0 Å². The van der Waals surface area contributed by atoms with Crippen LogP contribution in [0.25, 0.3) is 72.9 Å². The molecule has 0 radical (unpaired) electrons. The number of hydrogen-bond acceptors (Lipinski definition) is 3. The van der Waals surface area contributed by atoms with Crippen LogP contribution in [0.4, 0.5) is 0 Å². The van der Waals surface area contributed by atoms with Gasteiger partial charge in [0.25, 0.3) is 0 Å². The topological polar surface area (TPSA) is 48.5 Å². The maximum Gasteiger partial charge on any atom is 0.159 e. The van der Waals surface area contributed by atoms with Gasteiger partial charge in [-0.15, -0.1) is 0 Å². The van der Waals surface area contributed by atoms with Crippen molar-refractivity contribution >= 4 is 38.9 Å². The first-order valence-corrected chi connectivity index (χ1v) is 17.1. The maximum absolute atomic E-state index is 5.23. The van der Waals surface area contributed by atoms with Crippen LogP contribution in [-0.2, 0) is 0 Å². The van der Waals surface area contributed by atoms with Gasteiger partial charge in [-0.25, -0.2) is 9.97 Å². The van der Waals surface area contributed by atoms with E-state index in [1.54, 1.807) is 0 Å². The average Bonchev–Trinajstić information content (AvgIpc) is 3.71. The second-order valence-corrected chi connectivity index (χ2v) is 12.8. The van der Waals surface area contributed by atoms with E-state index in [0.717, 1.165) is 50.9 Å². The normalized spacial score (nSPS) is 14.0. The van der Waals surface area contributed by atoms with Crippen LogP contribution in [-0.4, -0.2) is 24.1 Å².